The number of anilines is 1. The first-order valence-electron chi connectivity index (χ1n) is 9.01. The van der Waals surface area contributed by atoms with E-state index in [4.69, 9.17) is 16.7 Å². The second kappa shape index (κ2) is 8.92. The van der Waals surface area contributed by atoms with Gasteiger partial charge in [0.2, 0.25) is 15.9 Å². The summed E-state index contributed by atoms with van der Waals surface area (Å²) in [5.74, 6) is -0.967. The molecule has 7 nitrogen and oxygen atoms in total. The van der Waals surface area contributed by atoms with Crippen molar-refractivity contribution in [3.8, 4) is 5.69 Å². The number of hydrogen-bond acceptors (Lipinski definition) is 4. The highest BCUT2D eigenvalue weighted by molar-refractivity contribution is 7.89. The molecular formula is C19H13ClF6N4O3S. The molecule has 0 unspecified atom stereocenters. The number of carbonyl (C=O) groups excluding carboxylic acids is 1. The van der Waals surface area contributed by atoms with Crippen LogP contribution in [0.3, 0.4) is 0 Å². The van der Waals surface area contributed by atoms with Gasteiger partial charge < -0.3 is 5.32 Å². The van der Waals surface area contributed by atoms with Crippen LogP contribution in [0, 0.1) is 0 Å². The van der Waals surface area contributed by atoms with Crippen LogP contribution in [-0.4, -0.2) is 24.1 Å². The Bertz CT molecular complexity index is 1350. The molecule has 0 saturated heterocycles. The highest BCUT2D eigenvalue weighted by atomic mass is 35.5. The Kier molecular flexibility index (Phi) is 6.70. The van der Waals surface area contributed by atoms with Gasteiger partial charge in [-0.3, -0.25) is 4.79 Å². The molecular weight excluding hydrogens is 514 g/mol. The SMILES string of the molecule is NS(=O)(=O)c1cc(NC(=O)Cc2ccccc2Cl)c(C(F)(F)F)cc1-n1cc(C(F)(F)F)cn1. The number of nitrogens with zero attached hydrogens (tertiary/aromatic N) is 2. The average Bonchev–Trinajstić information content (AvgIpc) is 3.18. The van der Waals surface area contributed by atoms with Crippen molar-refractivity contribution in [1.29, 1.82) is 0 Å². The fourth-order valence-corrected chi connectivity index (χ4v) is 3.85. The van der Waals surface area contributed by atoms with E-state index in [-0.39, 0.29) is 16.7 Å². The van der Waals surface area contributed by atoms with Crippen molar-refractivity contribution in [3.63, 3.8) is 0 Å². The van der Waals surface area contributed by atoms with Crippen LogP contribution in [0.5, 0.6) is 0 Å². The van der Waals surface area contributed by atoms with Gasteiger partial charge in [0, 0.05) is 11.2 Å². The Hall–Kier alpha value is -3.10. The molecule has 34 heavy (non-hydrogen) atoms. The number of primary sulfonamides is 1. The first-order valence-corrected chi connectivity index (χ1v) is 10.9. The summed E-state index contributed by atoms with van der Waals surface area (Å²) < 4.78 is 104. The van der Waals surface area contributed by atoms with E-state index < -0.39 is 62.1 Å². The number of benzene rings is 2. The number of aromatic nitrogens is 2. The summed E-state index contributed by atoms with van der Waals surface area (Å²) in [5.41, 5.74) is -4.45. The van der Waals surface area contributed by atoms with Crippen LogP contribution in [0.2, 0.25) is 5.02 Å². The number of amides is 1. The molecule has 182 valence electrons. The maximum atomic E-state index is 13.7. The highest BCUT2D eigenvalue weighted by Crippen LogP contribution is 2.39. The minimum absolute atomic E-state index is 0.174. The zero-order chi connectivity index (χ0) is 25.5. The largest absolute Gasteiger partial charge is 0.419 e. The van der Waals surface area contributed by atoms with Gasteiger partial charge in [0.1, 0.15) is 4.90 Å². The smallest absolute Gasteiger partial charge is 0.325 e. The molecule has 0 radical (unpaired) electrons. The predicted octanol–water partition coefficient (Wildman–Crippen LogP) is 4.39. The van der Waals surface area contributed by atoms with Gasteiger partial charge in [-0.2, -0.15) is 31.4 Å². The van der Waals surface area contributed by atoms with Crippen molar-refractivity contribution >= 4 is 33.2 Å². The van der Waals surface area contributed by atoms with Crippen LogP contribution in [0.15, 0.2) is 53.7 Å². The molecule has 1 aromatic heterocycles. The number of alkyl halides is 6. The summed E-state index contributed by atoms with van der Waals surface area (Å²) in [7, 11) is -4.78. The third kappa shape index (κ3) is 5.69. The van der Waals surface area contributed by atoms with Gasteiger partial charge in [0.25, 0.3) is 0 Å². The van der Waals surface area contributed by atoms with Crippen LogP contribution in [0.1, 0.15) is 16.7 Å². The first-order chi connectivity index (χ1) is 15.6. The van der Waals surface area contributed by atoms with Gasteiger partial charge in [0.15, 0.2) is 0 Å². The van der Waals surface area contributed by atoms with Gasteiger partial charge in [-0.1, -0.05) is 29.8 Å². The topological polar surface area (TPSA) is 107 Å². The minimum atomic E-state index is -5.14. The van der Waals surface area contributed by atoms with E-state index in [0.29, 0.717) is 23.1 Å². The van der Waals surface area contributed by atoms with Gasteiger partial charge in [0.05, 0.1) is 35.1 Å². The third-order valence-corrected chi connectivity index (χ3v) is 5.76. The Morgan fingerprint density at radius 1 is 1.09 bits per heavy atom. The molecule has 15 heteroatoms. The number of halogens is 7. The molecule has 0 aliphatic heterocycles. The van der Waals surface area contributed by atoms with Gasteiger partial charge in [-0.15, -0.1) is 0 Å². The van der Waals surface area contributed by atoms with Crippen molar-refractivity contribution in [2.45, 2.75) is 23.7 Å². The molecule has 0 fully saturated rings. The molecule has 3 aromatic rings. The van der Waals surface area contributed by atoms with Crippen molar-refractivity contribution in [2.75, 3.05) is 5.32 Å². The lowest BCUT2D eigenvalue weighted by Crippen LogP contribution is -2.22. The van der Waals surface area contributed by atoms with Gasteiger partial charge >= 0.3 is 12.4 Å². The molecule has 1 heterocycles. The third-order valence-electron chi connectivity index (χ3n) is 4.45. The van der Waals surface area contributed by atoms with Crippen LogP contribution < -0.4 is 10.5 Å². The molecule has 1 amide bonds. The Balaban J connectivity index is 2.13. The number of nitrogens with one attached hydrogen (secondary N) is 1. The second-order valence-electron chi connectivity index (χ2n) is 6.90. The Morgan fingerprint density at radius 3 is 2.26 bits per heavy atom. The normalized spacial score (nSPS) is 12.6. The number of carbonyl (C=O) groups is 1. The lowest BCUT2D eigenvalue weighted by Gasteiger charge is -2.18. The van der Waals surface area contributed by atoms with E-state index in [1.807, 2.05) is 5.32 Å². The van der Waals surface area contributed by atoms with E-state index in [9.17, 15) is 39.6 Å². The maximum absolute atomic E-state index is 13.7. The summed E-state index contributed by atoms with van der Waals surface area (Å²) in [4.78, 5) is 11.4. The molecule has 0 atom stereocenters. The highest BCUT2D eigenvalue weighted by Gasteiger charge is 2.37. The maximum Gasteiger partial charge on any atom is 0.419 e. The quantitative estimate of drug-likeness (QED) is 0.481. The fraction of sp³-hybridized carbons (Fsp3) is 0.158. The first kappa shape index (κ1) is 25.5. The van der Waals surface area contributed by atoms with E-state index in [2.05, 4.69) is 5.10 Å². The van der Waals surface area contributed by atoms with Crippen LogP contribution in [0.25, 0.3) is 5.69 Å². The van der Waals surface area contributed by atoms with Gasteiger partial charge in [-0.05, 0) is 23.8 Å². The second-order valence-corrected chi connectivity index (χ2v) is 8.83. The lowest BCUT2D eigenvalue weighted by atomic mass is 10.1. The molecule has 0 bridgehead atoms. The summed E-state index contributed by atoms with van der Waals surface area (Å²) >= 11 is 5.94. The minimum Gasteiger partial charge on any atom is -0.325 e. The van der Waals surface area contributed by atoms with Crippen LogP contribution in [-0.2, 0) is 33.6 Å². The average molecular weight is 527 g/mol. The van der Waals surface area contributed by atoms with Crippen molar-refractivity contribution in [3.05, 3.63) is 70.5 Å². The number of sulfonamides is 1. The zero-order valence-corrected chi connectivity index (χ0v) is 18.1. The molecule has 2 aromatic carbocycles. The van der Waals surface area contributed by atoms with Crippen molar-refractivity contribution in [2.24, 2.45) is 5.14 Å². The zero-order valence-electron chi connectivity index (χ0n) is 16.6. The molecule has 0 saturated carbocycles. The van der Waals surface area contributed by atoms with Crippen LogP contribution >= 0.6 is 11.6 Å². The summed E-state index contributed by atoms with van der Waals surface area (Å²) in [5, 5.41) is 10.5. The van der Waals surface area contributed by atoms with Crippen LogP contribution in [0.4, 0.5) is 32.0 Å². The summed E-state index contributed by atoms with van der Waals surface area (Å²) in [6.45, 7) is 0. The number of rotatable bonds is 5. The molecule has 3 N–H and O–H groups in total. The fourth-order valence-electron chi connectivity index (χ4n) is 2.92. The molecule has 0 aliphatic rings. The van der Waals surface area contributed by atoms with Crippen molar-refractivity contribution < 1.29 is 39.6 Å². The van der Waals surface area contributed by atoms with E-state index >= 15 is 0 Å². The van der Waals surface area contributed by atoms with E-state index in [1.165, 1.54) is 12.1 Å². The Morgan fingerprint density at radius 2 is 1.74 bits per heavy atom. The molecule has 0 spiro atoms. The molecule has 0 aliphatic carbocycles. The van der Waals surface area contributed by atoms with Crippen molar-refractivity contribution in [1.82, 2.24) is 9.78 Å². The monoisotopic (exact) mass is 526 g/mol. The summed E-state index contributed by atoms with van der Waals surface area (Å²) in [6, 6.07) is 6.68. The number of hydrogen-bond donors (Lipinski definition) is 2. The number of nitrogens with two attached hydrogens (primary N) is 1. The van der Waals surface area contributed by atoms with Gasteiger partial charge in [-0.25, -0.2) is 18.2 Å². The van der Waals surface area contributed by atoms with E-state index in [0.717, 1.165) is 0 Å². The molecule has 3 rings (SSSR count). The Labute approximate surface area is 193 Å². The standard InChI is InChI=1S/C19H13ClF6N4O3S/c20-13-4-2-1-3-10(13)5-17(31)29-14-7-16(34(27,32)33)15(6-12(14)19(24,25)26)30-9-11(8-28-30)18(21,22)23/h1-4,6-9H,5H2,(H,29,31)(H2,27,32,33). The lowest BCUT2D eigenvalue weighted by molar-refractivity contribution is -0.138. The predicted molar refractivity (Wildman–Crippen MR) is 109 cm³/mol. The summed E-state index contributed by atoms with van der Waals surface area (Å²) in [6.07, 6.45) is -9.87. The van der Waals surface area contributed by atoms with E-state index in [1.54, 1.807) is 12.1 Å².